The van der Waals surface area contributed by atoms with E-state index in [1.807, 2.05) is 0 Å². The van der Waals surface area contributed by atoms with Gasteiger partial charge in [-0.1, -0.05) is 12.1 Å². The highest BCUT2D eigenvalue weighted by Gasteiger charge is 2.12. The molecule has 0 heterocycles. The Labute approximate surface area is 144 Å². The van der Waals surface area contributed by atoms with Crippen LogP contribution in [0.15, 0.2) is 42.5 Å². The highest BCUT2D eigenvalue weighted by Crippen LogP contribution is 2.24. The van der Waals surface area contributed by atoms with Crippen molar-refractivity contribution in [2.24, 2.45) is 0 Å². The SMILES string of the molecule is [2H]C([2H])([2H])C([2H])(NCC(O)c1cc(O)cc(O)c1)C([2H])([2H])c1ccc(OC)cc1. The number of methoxy groups -OCH3 is 1. The molecule has 0 aliphatic rings. The Balaban J connectivity index is 2.33. The van der Waals surface area contributed by atoms with E-state index in [1.54, 1.807) is 0 Å². The highest BCUT2D eigenvalue weighted by molar-refractivity contribution is 5.37. The molecular weight excluding hydrogens is 294 g/mol. The van der Waals surface area contributed by atoms with Crippen LogP contribution < -0.4 is 10.1 Å². The Morgan fingerprint density at radius 2 is 1.87 bits per heavy atom. The van der Waals surface area contributed by atoms with Crippen LogP contribution in [-0.2, 0) is 6.37 Å². The van der Waals surface area contributed by atoms with Crippen LogP contribution in [0.3, 0.4) is 0 Å². The van der Waals surface area contributed by atoms with Gasteiger partial charge in [0.15, 0.2) is 0 Å². The Hall–Kier alpha value is -2.24. The Kier molecular flexibility index (Phi) is 3.59. The number of nitrogens with one attached hydrogen (secondary N) is 1. The van der Waals surface area contributed by atoms with Crippen molar-refractivity contribution in [3.8, 4) is 17.2 Å². The van der Waals surface area contributed by atoms with Crippen LogP contribution in [-0.4, -0.2) is 35.0 Å². The van der Waals surface area contributed by atoms with Gasteiger partial charge >= 0.3 is 0 Å². The van der Waals surface area contributed by atoms with Gasteiger partial charge in [-0.2, -0.15) is 0 Å². The van der Waals surface area contributed by atoms with Gasteiger partial charge in [0, 0.05) is 26.9 Å². The van der Waals surface area contributed by atoms with Crippen molar-refractivity contribution >= 4 is 0 Å². The van der Waals surface area contributed by atoms with Crippen molar-refractivity contribution in [1.82, 2.24) is 5.32 Å². The number of aliphatic hydroxyl groups excluding tert-OH is 1. The fraction of sp³-hybridized carbons (Fsp3) is 0.333. The minimum Gasteiger partial charge on any atom is -0.508 e. The number of phenolic OH excluding ortho intramolecular Hbond substituents is 2. The summed E-state index contributed by atoms with van der Waals surface area (Å²) >= 11 is 0. The van der Waals surface area contributed by atoms with E-state index in [9.17, 15) is 15.3 Å². The molecule has 0 radical (unpaired) electrons. The summed E-state index contributed by atoms with van der Waals surface area (Å²) in [5, 5.41) is 31.7. The normalized spacial score (nSPS) is 19.9. The molecule has 0 aromatic heterocycles. The van der Waals surface area contributed by atoms with E-state index in [2.05, 4.69) is 5.32 Å². The molecule has 2 aromatic carbocycles. The maximum atomic E-state index is 10.3. The van der Waals surface area contributed by atoms with Crippen LogP contribution in [0.5, 0.6) is 17.2 Å². The van der Waals surface area contributed by atoms with Gasteiger partial charge < -0.3 is 25.4 Å². The lowest BCUT2D eigenvalue weighted by atomic mass is 10.1. The molecule has 5 nitrogen and oxygen atoms in total. The number of benzene rings is 2. The first-order valence-electron chi connectivity index (χ1n) is 9.92. The molecule has 0 amide bonds. The first kappa shape index (κ1) is 10.5. The third-order valence-corrected chi connectivity index (χ3v) is 3.14. The zero-order valence-corrected chi connectivity index (χ0v) is 12.6. The van der Waals surface area contributed by atoms with E-state index in [1.165, 1.54) is 43.5 Å². The highest BCUT2D eigenvalue weighted by atomic mass is 16.5. The van der Waals surface area contributed by atoms with Gasteiger partial charge in [0.05, 0.1) is 13.2 Å². The quantitative estimate of drug-likeness (QED) is 0.629. The maximum absolute atomic E-state index is 10.3. The lowest BCUT2D eigenvalue weighted by molar-refractivity contribution is 0.170. The average Bonchev–Trinajstić information content (AvgIpc) is 2.63. The van der Waals surface area contributed by atoms with E-state index in [0.29, 0.717) is 5.75 Å². The van der Waals surface area contributed by atoms with Crippen LogP contribution in [0.2, 0.25) is 0 Å². The van der Waals surface area contributed by atoms with E-state index in [0.717, 1.165) is 6.07 Å². The summed E-state index contributed by atoms with van der Waals surface area (Å²) in [6.45, 7) is -3.61. The van der Waals surface area contributed by atoms with Crippen molar-refractivity contribution in [3.63, 3.8) is 0 Å². The predicted molar refractivity (Wildman–Crippen MR) is 88.9 cm³/mol. The van der Waals surface area contributed by atoms with Crippen LogP contribution in [0.4, 0.5) is 0 Å². The van der Waals surface area contributed by atoms with Crippen molar-refractivity contribution in [2.45, 2.75) is 25.3 Å². The summed E-state index contributed by atoms with van der Waals surface area (Å²) in [6, 6.07) is 6.17. The van der Waals surface area contributed by atoms with Gasteiger partial charge in [-0.25, -0.2) is 0 Å². The number of hydrogen-bond donors (Lipinski definition) is 4. The molecule has 5 heteroatoms. The van der Waals surface area contributed by atoms with Crippen molar-refractivity contribution in [1.29, 1.82) is 0 Å². The molecule has 2 atom stereocenters. The smallest absolute Gasteiger partial charge is 0.119 e. The fourth-order valence-electron chi connectivity index (χ4n) is 1.99. The van der Waals surface area contributed by atoms with Crippen molar-refractivity contribution in [3.05, 3.63) is 53.6 Å². The van der Waals surface area contributed by atoms with Crippen molar-refractivity contribution in [2.75, 3.05) is 13.7 Å². The molecular formula is C18H23NO4. The number of phenols is 2. The molecule has 2 rings (SSSR count). The molecule has 0 saturated heterocycles. The summed E-state index contributed by atoms with van der Waals surface area (Å²) in [5.41, 5.74) is 0.0225. The zero-order valence-electron chi connectivity index (χ0n) is 18.6. The number of aliphatic hydroxyl groups is 1. The molecule has 0 spiro atoms. The van der Waals surface area contributed by atoms with E-state index in [4.69, 9.17) is 13.0 Å². The number of aromatic hydroxyl groups is 2. The second-order valence-electron chi connectivity index (χ2n) is 4.91. The van der Waals surface area contributed by atoms with E-state index in [-0.39, 0.29) is 22.6 Å². The number of ether oxygens (including phenoxy) is 1. The molecule has 124 valence electrons. The van der Waals surface area contributed by atoms with E-state index >= 15 is 0 Å². The minimum absolute atomic E-state index is 0.0542. The van der Waals surface area contributed by atoms with Gasteiger partial charge in [-0.05, 0) is 48.6 Å². The molecule has 23 heavy (non-hydrogen) atoms. The third kappa shape index (κ3) is 5.16. The minimum atomic E-state index is -3.10. The fourth-order valence-corrected chi connectivity index (χ4v) is 1.99. The lowest BCUT2D eigenvalue weighted by Crippen LogP contribution is -2.32. The zero-order chi connectivity index (χ0) is 22.0. The van der Waals surface area contributed by atoms with Gasteiger partial charge in [0.2, 0.25) is 0 Å². The third-order valence-electron chi connectivity index (χ3n) is 3.14. The Bertz CT molecular complexity index is 823. The molecule has 2 aromatic rings. The van der Waals surface area contributed by atoms with Crippen LogP contribution in [0.25, 0.3) is 0 Å². The second kappa shape index (κ2) is 7.85. The summed E-state index contributed by atoms with van der Waals surface area (Å²) < 4.78 is 53.5. The standard InChI is InChI=1S/C18H23NO4/c1-12(7-13-3-5-17(23-2)6-4-13)19-11-18(22)14-8-15(20)10-16(21)9-14/h3-6,8-10,12,18-22H,7,11H2,1-2H3/i1D3,7D2,12D. The summed E-state index contributed by atoms with van der Waals surface area (Å²) in [5.74, 6) is -0.165. The first-order valence-corrected chi connectivity index (χ1v) is 6.92. The lowest BCUT2D eigenvalue weighted by Gasteiger charge is -2.18. The number of hydrogen-bond acceptors (Lipinski definition) is 5. The average molecular weight is 323 g/mol. The second-order valence-corrected chi connectivity index (χ2v) is 4.91. The Morgan fingerprint density at radius 1 is 1.22 bits per heavy atom. The molecule has 2 unspecified atom stereocenters. The van der Waals surface area contributed by atoms with Crippen LogP contribution in [0.1, 0.15) is 32.3 Å². The predicted octanol–water partition coefficient (Wildman–Crippen LogP) is 2.36. The largest absolute Gasteiger partial charge is 0.508 e. The van der Waals surface area contributed by atoms with Crippen LogP contribution >= 0.6 is 0 Å². The number of rotatable bonds is 7. The molecule has 0 aliphatic heterocycles. The molecule has 0 aliphatic carbocycles. The molecule has 0 saturated carbocycles. The molecule has 0 fully saturated rings. The van der Waals surface area contributed by atoms with Crippen molar-refractivity contribution < 1.29 is 28.3 Å². The summed E-state index contributed by atoms with van der Waals surface area (Å²) in [7, 11) is 1.43. The first-order chi connectivity index (χ1) is 13.3. The molecule has 0 bridgehead atoms. The van der Waals surface area contributed by atoms with E-state index < -0.39 is 31.9 Å². The topological polar surface area (TPSA) is 82.0 Å². The summed E-state index contributed by atoms with van der Waals surface area (Å²) in [4.78, 5) is 0. The van der Waals surface area contributed by atoms with Gasteiger partial charge in [0.1, 0.15) is 17.2 Å². The van der Waals surface area contributed by atoms with Crippen LogP contribution in [0, 0.1) is 0 Å². The monoisotopic (exact) mass is 323 g/mol. The maximum Gasteiger partial charge on any atom is 0.119 e. The molecule has 4 N–H and O–H groups in total. The van der Waals surface area contributed by atoms with Gasteiger partial charge in [-0.3, -0.25) is 0 Å². The summed E-state index contributed by atoms with van der Waals surface area (Å²) in [6.07, 6.45) is -4.09. The van der Waals surface area contributed by atoms with Gasteiger partial charge in [-0.15, -0.1) is 0 Å². The Morgan fingerprint density at radius 3 is 2.43 bits per heavy atom. The van der Waals surface area contributed by atoms with Gasteiger partial charge in [0.25, 0.3) is 0 Å².